The molecule has 0 saturated carbocycles. The molecule has 0 aliphatic heterocycles. The van der Waals surface area contributed by atoms with Crippen molar-refractivity contribution in [3.05, 3.63) is 106 Å². The Morgan fingerprint density at radius 1 is 1.03 bits per heavy atom. The van der Waals surface area contributed by atoms with E-state index in [9.17, 15) is 17.6 Å². The zero-order valence-electron chi connectivity index (χ0n) is 18.2. The summed E-state index contributed by atoms with van der Waals surface area (Å²) < 4.78 is 46.8. The second-order valence-corrected chi connectivity index (χ2v) is 9.75. The lowest BCUT2D eigenvalue weighted by molar-refractivity contribution is 0.443. The maximum atomic E-state index is 14.6. The lowest BCUT2D eigenvalue weighted by Gasteiger charge is -2.18. The summed E-state index contributed by atoms with van der Waals surface area (Å²) in [5.41, 5.74) is 2.08. The van der Waals surface area contributed by atoms with Crippen molar-refractivity contribution in [2.75, 3.05) is 0 Å². The van der Waals surface area contributed by atoms with E-state index in [0.717, 1.165) is 11.0 Å². The van der Waals surface area contributed by atoms with Gasteiger partial charge < -0.3 is 9.30 Å². The molecule has 0 saturated heterocycles. The number of benzene rings is 3. The van der Waals surface area contributed by atoms with Crippen molar-refractivity contribution in [2.24, 2.45) is 7.05 Å². The van der Waals surface area contributed by atoms with Crippen molar-refractivity contribution in [3.63, 3.8) is 0 Å². The Bertz CT molecular complexity index is 1550. The molecular formula is C26H22FNO4S. The Morgan fingerprint density at radius 3 is 2.45 bits per heavy atom. The topological polar surface area (TPSA) is 65.4 Å². The van der Waals surface area contributed by atoms with Gasteiger partial charge in [-0.15, -0.1) is 0 Å². The largest absolute Gasteiger partial charge is 0.454 e. The van der Waals surface area contributed by atoms with Gasteiger partial charge in [-0.3, -0.25) is 4.79 Å². The third-order valence-corrected chi connectivity index (χ3v) is 6.61. The van der Waals surface area contributed by atoms with Gasteiger partial charge in [0.25, 0.3) is 5.56 Å². The SMILES string of the molecule is C=CS(=O)(=O)Cc1cccc(Oc2ccc(C)cc2F)c1-c1cn(C)c(=O)c2ccccc12. The molecule has 0 spiro atoms. The molecule has 33 heavy (non-hydrogen) atoms. The van der Waals surface area contributed by atoms with Crippen LogP contribution < -0.4 is 10.3 Å². The molecule has 168 valence electrons. The highest BCUT2D eigenvalue weighted by Crippen LogP contribution is 2.40. The summed E-state index contributed by atoms with van der Waals surface area (Å²) in [5, 5.41) is 2.02. The average molecular weight is 464 g/mol. The van der Waals surface area contributed by atoms with Crippen LogP contribution in [0, 0.1) is 12.7 Å². The molecule has 0 radical (unpaired) electrons. The summed E-state index contributed by atoms with van der Waals surface area (Å²) in [6.07, 6.45) is 1.64. The minimum Gasteiger partial charge on any atom is -0.454 e. The number of hydrogen-bond donors (Lipinski definition) is 0. The van der Waals surface area contributed by atoms with Crippen LogP contribution in [-0.2, 0) is 22.6 Å². The predicted molar refractivity (Wildman–Crippen MR) is 129 cm³/mol. The fourth-order valence-electron chi connectivity index (χ4n) is 3.79. The molecule has 1 heterocycles. The van der Waals surface area contributed by atoms with E-state index in [4.69, 9.17) is 4.74 Å². The van der Waals surface area contributed by atoms with E-state index in [1.54, 1.807) is 68.7 Å². The van der Waals surface area contributed by atoms with Gasteiger partial charge in [-0.05, 0) is 47.7 Å². The Hall–Kier alpha value is -3.71. The molecule has 0 atom stereocenters. The van der Waals surface area contributed by atoms with Gasteiger partial charge >= 0.3 is 0 Å². The van der Waals surface area contributed by atoms with Gasteiger partial charge in [0.05, 0.1) is 5.75 Å². The van der Waals surface area contributed by atoms with Crippen LogP contribution in [0.25, 0.3) is 21.9 Å². The number of hydrogen-bond acceptors (Lipinski definition) is 4. The monoisotopic (exact) mass is 463 g/mol. The Labute approximate surface area is 191 Å². The molecule has 0 fully saturated rings. The van der Waals surface area contributed by atoms with Gasteiger partial charge in [0.15, 0.2) is 21.4 Å². The van der Waals surface area contributed by atoms with Crippen LogP contribution in [0.1, 0.15) is 11.1 Å². The number of rotatable bonds is 6. The molecule has 0 unspecified atom stereocenters. The molecule has 0 aliphatic rings. The standard InChI is InChI=1S/C26H22FNO4S/c1-4-33(30,31)16-18-8-7-11-24(32-23-13-12-17(2)14-22(23)27)25(18)21-15-28(3)26(29)20-10-6-5-9-19(20)21/h4-15H,1,16H2,2-3H3. The van der Waals surface area contributed by atoms with Crippen LogP contribution in [-0.4, -0.2) is 13.0 Å². The van der Waals surface area contributed by atoms with Gasteiger partial charge in [0.1, 0.15) is 5.75 Å². The minimum absolute atomic E-state index is 0.0136. The van der Waals surface area contributed by atoms with Crippen molar-refractivity contribution < 1.29 is 17.5 Å². The van der Waals surface area contributed by atoms with Crippen LogP contribution >= 0.6 is 0 Å². The third-order valence-electron chi connectivity index (χ3n) is 5.39. The number of pyridine rings is 1. The third kappa shape index (κ3) is 4.45. The van der Waals surface area contributed by atoms with Crippen molar-refractivity contribution in [3.8, 4) is 22.6 Å². The Morgan fingerprint density at radius 2 is 1.76 bits per heavy atom. The van der Waals surface area contributed by atoms with E-state index in [0.29, 0.717) is 27.5 Å². The molecule has 5 nitrogen and oxygen atoms in total. The summed E-state index contributed by atoms with van der Waals surface area (Å²) in [4.78, 5) is 12.7. The van der Waals surface area contributed by atoms with E-state index in [1.165, 1.54) is 16.7 Å². The summed E-state index contributed by atoms with van der Waals surface area (Å²) in [5.74, 6) is -0.565. The van der Waals surface area contributed by atoms with Gasteiger partial charge in [-0.25, -0.2) is 12.8 Å². The quantitative estimate of drug-likeness (QED) is 0.379. The Kier molecular flexibility index (Phi) is 5.91. The van der Waals surface area contributed by atoms with Crippen molar-refractivity contribution in [2.45, 2.75) is 12.7 Å². The van der Waals surface area contributed by atoms with Crippen LogP contribution in [0.5, 0.6) is 11.5 Å². The molecule has 7 heteroatoms. The first-order valence-electron chi connectivity index (χ1n) is 10.2. The maximum absolute atomic E-state index is 14.6. The van der Waals surface area contributed by atoms with Crippen LogP contribution in [0.3, 0.4) is 0 Å². The molecule has 0 N–H and O–H groups in total. The number of aromatic nitrogens is 1. The van der Waals surface area contributed by atoms with Crippen molar-refractivity contribution in [1.82, 2.24) is 4.57 Å². The summed E-state index contributed by atoms with van der Waals surface area (Å²) in [6, 6.07) is 16.7. The van der Waals surface area contributed by atoms with E-state index in [1.807, 2.05) is 0 Å². The molecular weight excluding hydrogens is 441 g/mol. The number of sulfone groups is 1. The molecule has 0 aliphatic carbocycles. The first-order chi connectivity index (χ1) is 15.7. The van der Waals surface area contributed by atoms with E-state index in [-0.39, 0.29) is 22.8 Å². The number of halogens is 1. The van der Waals surface area contributed by atoms with Crippen LogP contribution in [0.15, 0.2) is 83.6 Å². The number of nitrogens with zero attached hydrogens (tertiary/aromatic N) is 1. The van der Waals surface area contributed by atoms with Gasteiger partial charge in [0.2, 0.25) is 0 Å². The first-order valence-corrected chi connectivity index (χ1v) is 11.9. The second-order valence-electron chi connectivity index (χ2n) is 7.80. The number of fused-ring (bicyclic) bond motifs is 1. The van der Waals surface area contributed by atoms with Gasteiger partial charge in [-0.2, -0.15) is 0 Å². The van der Waals surface area contributed by atoms with Gasteiger partial charge in [-0.1, -0.05) is 43.0 Å². The van der Waals surface area contributed by atoms with E-state index in [2.05, 4.69) is 6.58 Å². The normalized spacial score (nSPS) is 11.5. The first kappa shape index (κ1) is 22.5. The molecule has 0 amide bonds. The lowest BCUT2D eigenvalue weighted by Crippen LogP contribution is -2.17. The lowest BCUT2D eigenvalue weighted by atomic mass is 9.96. The van der Waals surface area contributed by atoms with E-state index < -0.39 is 15.7 Å². The molecule has 1 aromatic heterocycles. The summed E-state index contributed by atoms with van der Waals surface area (Å²) >= 11 is 0. The molecule has 4 rings (SSSR count). The van der Waals surface area contributed by atoms with Crippen LogP contribution in [0.4, 0.5) is 4.39 Å². The Balaban J connectivity index is 2.03. The zero-order valence-corrected chi connectivity index (χ0v) is 19.0. The molecule has 4 aromatic rings. The number of aryl methyl sites for hydroxylation is 2. The molecule has 3 aromatic carbocycles. The fourth-order valence-corrected chi connectivity index (χ4v) is 4.58. The van der Waals surface area contributed by atoms with Crippen LogP contribution in [0.2, 0.25) is 0 Å². The smallest absolute Gasteiger partial charge is 0.258 e. The highest BCUT2D eigenvalue weighted by atomic mass is 32.2. The zero-order chi connectivity index (χ0) is 23.8. The minimum atomic E-state index is -3.61. The highest BCUT2D eigenvalue weighted by Gasteiger charge is 2.21. The second kappa shape index (κ2) is 8.67. The highest BCUT2D eigenvalue weighted by molar-refractivity contribution is 7.93. The molecule has 0 bridgehead atoms. The van der Waals surface area contributed by atoms with E-state index >= 15 is 0 Å². The average Bonchev–Trinajstić information content (AvgIpc) is 2.78. The summed E-state index contributed by atoms with van der Waals surface area (Å²) in [6.45, 7) is 5.18. The fraction of sp³-hybridized carbons (Fsp3) is 0.115. The summed E-state index contributed by atoms with van der Waals surface area (Å²) in [7, 11) is -1.99. The van der Waals surface area contributed by atoms with Crippen molar-refractivity contribution >= 4 is 20.6 Å². The predicted octanol–water partition coefficient (Wildman–Crippen LogP) is 5.50. The van der Waals surface area contributed by atoms with Gasteiger partial charge in [0, 0.05) is 35.2 Å². The maximum Gasteiger partial charge on any atom is 0.258 e. The van der Waals surface area contributed by atoms with Crippen molar-refractivity contribution in [1.29, 1.82) is 0 Å². The number of ether oxygens (including phenoxy) is 1.